The highest BCUT2D eigenvalue weighted by Gasteiger charge is 2.15. The van der Waals surface area contributed by atoms with Gasteiger partial charge < -0.3 is 5.32 Å². The molecule has 3 nitrogen and oxygen atoms in total. The van der Waals surface area contributed by atoms with Crippen LogP contribution in [0, 0.1) is 0 Å². The van der Waals surface area contributed by atoms with Crippen molar-refractivity contribution in [1.82, 2.24) is 15.3 Å². The Balaban J connectivity index is 2.34. The Kier molecular flexibility index (Phi) is 5.31. The van der Waals surface area contributed by atoms with E-state index in [0.29, 0.717) is 5.02 Å². The number of benzene rings is 1. The van der Waals surface area contributed by atoms with Crippen molar-refractivity contribution in [1.29, 1.82) is 0 Å². The molecule has 2 rings (SSSR count). The van der Waals surface area contributed by atoms with Crippen molar-refractivity contribution in [2.75, 3.05) is 6.54 Å². The first-order valence-corrected chi connectivity index (χ1v) is 7.33. The topological polar surface area (TPSA) is 37.8 Å². The fourth-order valence-corrected chi connectivity index (χ4v) is 2.35. The molecule has 1 atom stereocenters. The van der Waals surface area contributed by atoms with Gasteiger partial charge in [0.2, 0.25) is 0 Å². The van der Waals surface area contributed by atoms with Crippen molar-refractivity contribution in [2.24, 2.45) is 0 Å². The van der Waals surface area contributed by atoms with Gasteiger partial charge in [-0.05, 0) is 46.6 Å². The summed E-state index contributed by atoms with van der Waals surface area (Å²) >= 11 is 9.50. The fraction of sp³-hybridized carbons (Fsp3) is 0.286. The SMILES string of the molecule is CCCNC(c1ccc(Cl)c(Br)c1)c1cnccn1. The molecule has 0 aliphatic rings. The molecular formula is C14H15BrClN3. The Morgan fingerprint density at radius 3 is 2.84 bits per heavy atom. The smallest absolute Gasteiger partial charge is 0.0801 e. The average Bonchev–Trinajstić information content (AvgIpc) is 2.44. The fourth-order valence-electron chi connectivity index (χ4n) is 1.83. The zero-order valence-corrected chi connectivity index (χ0v) is 12.9. The Bertz CT molecular complexity index is 533. The molecule has 1 heterocycles. The number of rotatable bonds is 5. The van der Waals surface area contributed by atoms with Crippen LogP contribution in [0.15, 0.2) is 41.3 Å². The van der Waals surface area contributed by atoms with Crippen LogP contribution in [-0.4, -0.2) is 16.5 Å². The molecule has 0 aliphatic heterocycles. The Morgan fingerprint density at radius 2 is 2.21 bits per heavy atom. The highest BCUT2D eigenvalue weighted by atomic mass is 79.9. The third-order valence-corrected chi connectivity index (χ3v) is 3.97. The van der Waals surface area contributed by atoms with Crippen molar-refractivity contribution in [2.45, 2.75) is 19.4 Å². The lowest BCUT2D eigenvalue weighted by Crippen LogP contribution is -2.24. The molecule has 0 amide bonds. The molecule has 19 heavy (non-hydrogen) atoms. The standard InChI is InChI=1S/C14H15BrClN3/c1-2-5-19-14(13-9-17-6-7-18-13)10-3-4-12(16)11(15)8-10/h3-4,6-9,14,19H,2,5H2,1H3. The first kappa shape index (κ1) is 14.4. The molecule has 100 valence electrons. The molecule has 1 unspecified atom stereocenters. The third kappa shape index (κ3) is 3.75. The number of nitrogens with zero attached hydrogens (tertiary/aromatic N) is 2. The summed E-state index contributed by atoms with van der Waals surface area (Å²) in [6.45, 7) is 3.06. The molecule has 0 bridgehead atoms. The summed E-state index contributed by atoms with van der Waals surface area (Å²) in [4.78, 5) is 8.53. The summed E-state index contributed by atoms with van der Waals surface area (Å²) in [6, 6.07) is 5.94. The molecular weight excluding hydrogens is 326 g/mol. The average molecular weight is 341 g/mol. The third-order valence-electron chi connectivity index (χ3n) is 2.75. The van der Waals surface area contributed by atoms with Gasteiger partial charge in [0.05, 0.1) is 23.0 Å². The van der Waals surface area contributed by atoms with Gasteiger partial charge in [-0.15, -0.1) is 0 Å². The number of hydrogen-bond donors (Lipinski definition) is 1. The normalized spacial score (nSPS) is 12.4. The zero-order chi connectivity index (χ0) is 13.7. The van der Waals surface area contributed by atoms with Crippen LogP contribution in [0.3, 0.4) is 0 Å². The van der Waals surface area contributed by atoms with E-state index in [-0.39, 0.29) is 6.04 Å². The monoisotopic (exact) mass is 339 g/mol. The highest BCUT2D eigenvalue weighted by molar-refractivity contribution is 9.10. The second-order valence-corrected chi connectivity index (χ2v) is 5.45. The summed E-state index contributed by atoms with van der Waals surface area (Å²) < 4.78 is 0.888. The van der Waals surface area contributed by atoms with E-state index in [1.54, 1.807) is 18.6 Å². The summed E-state index contributed by atoms with van der Waals surface area (Å²) in [7, 11) is 0. The van der Waals surface area contributed by atoms with E-state index < -0.39 is 0 Å². The van der Waals surface area contributed by atoms with E-state index in [0.717, 1.165) is 28.7 Å². The first-order chi connectivity index (χ1) is 9.22. The van der Waals surface area contributed by atoms with Crippen molar-refractivity contribution < 1.29 is 0 Å². The molecule has 0 saturated heterocycles. The molecule has 2 aromatic rings. The summed E-state index contributed by atoms with van der Waals surface area (Å²) in [5.41, 5.74) is 2.02. The summed E-state index contributed by atoms with van der Waals surface area (Å²) in [5, 5.41) is 4.19. The van der Waals surface area contributed by atoms with Gasteiger partial charge in [-0.3, -0.25) is 9.97 Å². The van der Waals surface area contributed by atoms with E-state index in [1.807, 2.05) is 18.2 Å². The predicted octanol–water partition coefficient (Wildman–Crippen LogP) is 3.98. The quantitative estimate of drug-likeness (QED) is 0.894. The van der Waals surface area contributed by atoms with Gasteiger partial charge in [0.15, 0.2) is 0 Å². The van der Waals surface area contributed by atoms with Crippen LogP contribution < -0.4 is 5.32 Å². The number of halogens is 2. The van der Waals surface area contributed by atoms with E-state index in [1.165, 1.54) is 0 Å². The molecule has 1 N–H and O–H groups in total. The van der Waals surface area contributed by atoms with Crippen molar-refractivity contribution in [3.8, 4) is 0 Å². The molecule has 0 saturated carbocycles. The number of aromatic nitrogens is 2. The van der Waals surface area contributed by atoms with E-state index in [2.05, 4.69) is 38.1 Å². The first-order valence-electron chi connectivity index (χ1n) is 6.16. The van der Waals surface area contributed by atoms with Gasteiger partial charge >= 0.3 is 0 Å². The van der Waals surface area contributed by atoms with Gasteiger partial charge in [-0.1, -0.05) is 24.6 Å². The lowest BCUT2D eigenvalue weighted by molar-refractivity contribution is 0.584. The van der Waals surface area contributed by atoms with Crippen molar-refractivity contribution in [3.63, 3.8) is 0 Å². The molecule has 0 spiro atoms. The Morgan fingerprint density at radius 1 is 1.37 bits per heavy atom. The van der Waals surface area contributed by atoms with Crippen LogP contribution in [0.4, 0.5) is 0 Å². The summed E-state index contributed by atoms with van der Waals surface area (Å²) in [5.74, 6) is 0. The van der Waals surface area contributed by atoms with Crippen LogP contribution in [0.1, 0.15) is 30.6 Å². The second-order valence-electron chi connectivity index (χ2n) is 4.19. The molecule has 0 fully saturated rings. The van der Waals surface area contributed by atoms with E-state index in [9.17, 15) is 0 Å². The highest BCUT2D eigenvalue weighted by Crippen LogP contribution is 2.28. The second kappa shape index (κ2) is 6.98. The lowest BCUT2D eigenvalue weighted by Gasteiger charge is -2.18. The van der Waals surface area contributed by atoms with Crippen molar-refractivity contribution >= 4 is 27.5 Å². The Hall–Kier alpha value is -0.970. The number of hydrogen-bond acceptors (Lipinski definition) is 3. The van der Waals surface area contributed by atoms with Crippen LogP contribution >= 0.6 is 27.5 Å². The zero-order valence-electron chi connectivity index (χ0n) is 10.6. The van der Waals surface area contributed by atoms with Gasteiger partial charge in [-0.2, -0.15) is 0 Å². The van der Waals surface area contributed by atoms with E-state index >= 15 is 0 Å². The minimum Gasteiger partial charge on any atom is -0.305 e. The maximum Gasteiger partial charge on any atom is 0.0801 e. The minimum absolute atomic E-state index is 0.0298. The van der Waals surface area contributed by atoms with Crippen LogP contribution in [-0.2, 0) is 0 Å². The maximum atomic E-state index is 6.04. The maximum absolute atomic E-state index is 6.04. The molecule has 0 radical (unpaired) electrons. The Labute approximate surface area is 126 Å². The lowest BCUT2D eigenvalue weighted by atomic mass is 10.0. The van der Waals surface area contributed by atoms with Gasteiger partial charge in [0.1, 0.15) is 0 Å². The van der Waals surface area contributed by atoms with Crippen LogP contribution in [0.2, 0.25) is 5.02 Å². The molecule has 1 aromatic carbocycles. The number of nitrogens with one attached hydrogen (secondary N) is 1. The molecule has 5 heteroatoms. The van der Waals surface area contributed by atoms with Gasteiger partial charge in [0.25, 0.3) is 0 Å². The largest absolute Gasteiger partial charge is 0.305 e. The summed E-state index contributed by atoms with van der Waals surface area (Å²) in [6.07, 6.45) is 6.24. The molecule has 0 aliphatic carbocycles. The van der Waals surface area contributed by atoms with Gasteiger partial charge in [-0.25, -0.2) is 0 Å². The minimum atomic E-state index is 0.0298. The van der Waals surface area contributed by atoms with Crippen LogP contribution in [0.25, 0.3) is 0 Å². The van der Waals surface area contributed by atoms with Crippen LogP contribution in [0.5, 0.6) is 0 Å². The predicted molar refractivity (Wildman–Crippen MR) is 81.3 cm³/mol. The molecule has 1 aromatic heterocycles. The van der Waals surface area contributed by atoms with Gasteiger partial charge in [0, 0.05) is 16.9 Å². The van der Waals surface area contributed by atoms with E-state index in [4.69, 9.17) is 11.6 Å². The van der Waals surface area contributed by atoms with Crippen molar-refractivity contribution in [3.05, 3.63) is 57.5 Å².